The molecule has 2 aromatic carbocycles. The number of hydrogen-bond acceptors (Lipinski definition) is 6. The molecule has 0 saturated heterocycles. The van der Waals surface area contributed by atoms with Crippen molar-refractivity contribution in [1.82, 2.24) is 4.98 Å². The van der Waals surface area contributed by atoms with Gasteiger partial charge in [-0.25, -0.2) is 4.98 Å². The first kappa shape index (κ1) is 29.9. The van der Waals surface area contributed by atoms with E-state index in [1.807, 2.05) is 86.8 Å². The maximum Gasteiger partial charge on any atom is 0.233 e. The lowest BCUT2D eigenvalue weighted by molar-refractivity contribution is -0.127. The summed E-state index contributed by atoms with van der Waals surface area (Å²) in [5, 5.41) is 24.4. The van der Waals surface area contributed by atoms with Gasteiger partial charge in [0.15, 0.2) is 5.13 Å². The number of rotatable bonds is 9. The van der Waals surface area contributed by atoms with E-state index in [-0.39, 0.29) is 11.8 Å². The van der Waals surface area contributed by atoms with Gasteiger partial charge in [0.05, 0.1) is 24.3 Å². The fourth-order valence-corrected chi connectivity index (χ4v) is 7.59. The third-order valence-corrected chi connectivity index (χ3v) is 9.58. The molecule has 0 aliphatic heterocycles. The van der Waals surface area contributed by atoms with Crippen LogP contribution in [0.15, 0.2) is 95.6 Å². The first-order valence-electron chi connectivity index (χ1n) is 14.3. The average molecular weight is 589 g/mol. The lowest BCUT2D eigenvalue weighted by Crippen LogP contribution is -2.53. The van der Waals surface area contributed by atoms with Crippen LogP contribution in [0.1, 0.15) is 68.0 Å². The summed E-state index contributed by atoms with van der Waals surface area (Å²) < 4.78 is 5.38. The summed E-state index contributed by atoms with van der Waals surface area (Å²) in [6.45, 7) is 11.6. The minimum atomic E-state index is -0.957. The smallest absolute Gasteiger partial charge is 0.233 e. The van der Waals surface area contributed by atoms with Gasteiger partial charge in [0.2, 0.25) is 5.91 Å². The molecule has 3 aliphatic carbocycles. The average Bonchev–Trinajstić information content (AvgIpc) is 3.44. The van der Waals surface area contributed by atoms with E-state index in [4.69, 9.17) is 15.1 Å². The predicted octanol–water partition coefficient (Wildman–Crippen LogP) is 8.12. The zero-order valence-corrected chi connectivity index (χ0v) is 26.1. The van der Waals surface area contributed by atoms with Crippen LogP contribution in [-0.2, 0) is 21.4 Å². The normalized spacial score (nSPS) is 22.9. The molecule has 43 heavy (non-hydrogen) atoms. The molecule has 0 radical (unpaired) electrons. The number of carbonyl (C=O) groups is 1. The van der Waals surface area contributed by atoms with E-state index >= 15 is 0 Å². The molecule has 1 heterocycles. The number of allylic oxidation sites excluding steroid dienone is 7. The fraction of sp³-hybridized carbons (Fsp3) is 0.278. The highest BCUT2D eigenvalue weighted by atomic mass is 32.1. The molecule has 3 aromatic rings. The first-order valence-corrected chi connectivity index (χ1v) is 15.2. The van der Waals surface area contributed by atoms with Gasteiger partial charge in [-0.05, 0) is 67.5 Å². The summed E-state index contributed by atoms with van der Waals surface area (Å²) in [6.07, 6.45) is 6.76. The van der Waals surface area contributed by atoms with Gasteiger partial charge in [0.25, 0.3) is 0 Å². The van der Waals surface area contributed by atoms with Crippen molar-refractivity contribution >= 4 is 33.7 Å². The number of thiazole rings is 1. The molecule has 0 saturated carbocycles. The first-order chi connectivity index (χ1) is 20.6. The van der Waals surface area contributed by atoms with E-state index in [9.17, 15) is 10.1 Å². The minimum absolute atomic E-state index is 0.142. The number of ether oxygens (including phenoxy) is 1. The highest BCUT2D eigenvalue weighted by Crippen LogP contribution is 2.64. The standard InChI is InChI=1S/C36H36N4O2S/c1-7-11-27-29(8-2)36(21-37)20-35(5,32(27)28-12-9-10-13-30(28)36)33(41)40-34-39-26(19-43-34)18-24-14-16-25(17-15-24)31(22(3)38)23(4)42-6/h7-17,19,32,38H,2,18,20H2,1,3-6H3,(H,39,40,41)/b11-7-,31-23+,38-22?. The van der Waals surface area contributed by atoms with Crippen LogP contribution in [0.2, 0.25) is 0 Å². The maximum atomic E-state index is 14.1. The Morgan fingerprint density at radius 2 is 1.98 bits per heavy atom. The van der Waals surface area contributed by atoms with Gasteiger partial charge >= 0.3 is 0 Å². The molecule has 1 aromatic heterocycles. The van der Waals surface area contributed by atoms with Gasteiger partial charge < -0.3 is 15.5 Å². The second-order valence-corrected chi connectivity index (χ2v) is 12.3. The van der Waals surface area contributed by atoms with Gasteiger partial charge in [-0.3, -0.25) is 4.79 Å². The van der Waals surface area contributed by atoms with E-state index in [2.05, 4.69) is 18.0 Å². The number of benzene rings is 2. The molecule has 6 rings (SSSR count). The van der Waals surface area contributed by atoms with Gasteiger partial charge in [-0.1, -0.05) is 73.3 Å². The van der Waals surface area contributed by atoms with Crippen molar-refractivity contribution < 1.29 is 9.53 Å². The summed E-state index contributed by atoms with van der Waals surface area (Å²) in [4.78, 5) is 18.9. The van der Waals surface area contributed by atoms with E-state index in [0.29, 0.717) is 29.4 Å². The second kappa shape index (κ2) is 11.6. The summed E-state index contributed by atoms with van der Waals surface area (Å²) in [5.74, 6) is 0.349. The molecule has 3 unspecified atom stereocenters. The number of aromatic nitrogens is 1. The summed E-state index contributed by atoms with van der Waals surface area (Å²) in [6, 6.07) is 18.7. The SMILES string of the molecule is C=CC1=C(/C=C\C)C2c3ccccc3C1(C#N)CC2(C)C(=O)Nc1nc(Cc2ccc(/C(C(C)=N)=C(\C)OC)cc2)cs1. The molecular weight excluding hydrogens is 552 g/mol. The number of nitrogens with one attached hydrogen (secondary N) is 2. The number of carbonyl (C=O) groups excluding carboxylic acids is 1. The van der Waals surface area contributed by atoms with Crippen molar-refractivity contribution in [2.24, 2.45) is 5.41 Å². The number of methoxy groups -OCH3 is 1. The monoisotopic (exact) mass is 588 g/mol. The molecule has 0 spiro atoms. The zero-order chi connectivity index (χ0) is 30.9. The van der Waals surface area contributed by atoms with Crippen molar-refractivity contribution in [3.05, 3.63) is 124 Å². The van der Waals surface area contributed by atoms with Crippen LogP contribution in [0.25, 0.3) is 5.57 Å². The Balaban J connectivity index is 1.40. The van der Waals surface area contributed by atoms with Crippen LogP contribution in [0.3, 0.4) is 0 Å². The van der Waals surface area contributed by atoms with Crippen LogP contribution in [0.5, 0.6) is 0 Å². The Bertz CT molecular complexity index is 1750. The Hall–Kier alpha value is -4.54. The van der Waals surface area contributed by atoms with Gasteiger partial charge in [0, 0.05) is 29.0 Å². The lowest BCUT2D eigenvalue weighted by Gasteiger charge is -2.54. The van der Waals surface area contributed by atoms with Crippen molar-refractivity contribution in [3.8, 4) is 6.07 Å². The van der Waals surface area contributed by atoms with Crippen LogP contribution in [-0.4, -0.2) is 23.7 Å². The highest BCUT2D eigenvalue weighted by Gasteiger charge is 2.61. The van der Waals surface area contributed by atoms with Gasteiger partial charge in [0.1, 0.15) is 11.2 Å². The number of nitriles is 1. The number of fused-ring (bicyclic) bond motifs is 1. The third kappa shape index (κ3) is 4.96. The van der Waals surface area contributed by atoms with Crippen LogP contribution < -0.4 is 5.32 Å². The minimum Gasteiger partial charge on any atom is -0.501 e. The topological polar surface area (TPSA) is 98.9 Å². The molecule has 1 amide bonds. The van der Waals surface area contributed by atoms with Crippen LogP contribution in [0.4, 0.5) is 5.13 Å². The predicted molar refractivity (Wildman–Crippen MR) is 174 cm³/mol. The Morgan fingerprint density at radius 3 is 2.60 bits per heavy atom. The molecule has 3 atom stereocenters. The maximum absolute atomic E-state index is 14.1. The largest absolute Gasteiger partial charge is 0.501 e. The molecule has 218 valence electrons. The number of amides is 1. The van der Waals surface area contributed by atoms with Crippen molar-refractivity contribution in [2.45, 2.75) is 51.9 Å². The summed E-state index contributed by atoms with van der Waals surface area (Å²) >= 11 is 1.40. The molecule has 3 aliphatic rings. The van der Waals surface area contributed by atoms with Crippen molar-refractivity contribution in [2.75, 3.05) is 12.4 Å². The van der Waals surface area contributed by atoms with E-state index in [1.165, 1.54) is 11.3 Å². The quantitative estimate of drug-likeness (QED) is 0.195. The zero-order valence-electron chi connectivity index (χ0n) is 25.2. The number of anilines is 1. The Kier molecular flexibility index (Phi) is 8.09. The molecule has 0 fully saturated rings. The summed E-state index contributed by atoms with van der Waals surface area (Å²) in [5.41, 5.74) is 6.12. The third-order valence-electron chi connectivity index (χ3n) is 8.78. The fourth-order valence-electron chi connectivity index (χ4n) is 6.88. The Labute approximate surface area is 257 Å². The van der Waals surface area contributed by atoms with Crippen molar-refractivity contribution in [3.63, 3.8) is 0 Å². The Morgan fingerprint density at radius 1 is 1.26 bits per heavy atom. The molecule has 6 nitrogen and oxygen atoms in total. The number of hydrogen-bond donors (Lipinski definition) is 2. The summed E-state index contributed by atoms with van der Waals surface area (Å²) in [7, 11) is 1.61. The van der Waals surface area contributed by atoms with Crippen molar-refractivity contribution in [1.29, 1.82) is 10.7 Å². The lowest BCUT2D eigenvalue weighted by atomic mass is 9.46. The van der Waals surface area contributed by atoms with Gasteiger partial charge in [-0.15, -0.1) is 11.3 Å². The van der Waals surface area contributed by atoms with Gasteiger partial charge in [-0.2, -0.15) is 5.26 Å². The molecule has 2 N–H and O–H groups in total. The molecule has 2 bridgehead atoms. The van der Waals surface area contributed by atoms with E-state index < -0.39 is 10.8 Å². The molecular formula is C36H36N4O2S. The van der Waals surface area contributed by atoms with Crippen LogP contribution in [0, 0.1) is 22.2 Å². The highest BCUT2D eigenvalue weighted by molar-refractivity contribution is 7.13. The molecule has 7 heteroatoms. The number of nitrogens with zero attached hydrogens (tertiary/aromatic N) is 2. The second-order valence-electron chi connectivity index (χ2n) is 11.4. The van der Waals surface area contributed by atoms with E-state index in [1.54, 1.807) is 20.1 Å². The van der Waals surface area contributed by atoms with E-state index in [0.717, 1.165) is 44.7 Å². The van der Waals surface area contributed by atoms with Crippen LogP contribution >= 0.6 is 11.3 Å².